The lowest BCUT2D eigenvalue weighted by atomic mass is 9.80. The summed E-state index contributed by atoms with van der Waals surface area (Å²) in [6, 6.07) is 5.18. The van der Waals surface area contributed by atoms with Gasteiger partial charge in [0.2, 0.25) is 0 Å². The van der Waals surface area contributed by atoms with Gasteiger partial charge in [-0.2, -0.15) is 0 Å². The van der Waals surface area contributed by atoms with Crippen LogP contribution in [0.5, 0.6) is 0 Å². The monoisotopic (exact) mass is 556 g/mol. The third-order valence-corrected chi connectivity index (χ3v) is 10.7. The average Bonchev–Trinajstić information content (AvgIpc) is 3.15. The lowest BCUT2D eigenvalue weighted by molar-refractivity contribution is 0.0253. The van der Waals surface area contributed by atoms with E-state index in [2.05, 4.69) is 10.2 Å². The van der Waals surface area contributed by atoms with E-state index in [-0.39, 0.29) is 33.0 Å². The van der Waals surface area contributed by atoms with Gasteiger partial charge < -0.3 is 10.1 Å². The molecule has 2 aliphatic carbocycles. The van der Waals surface area contributed by atoms with Crippen molar-refractivity contribution in [3.05, 3.63) is 58.4 Å². The van der Waals surface area contributed by atoms with Gasteiger partial charge in [0.1, 0.15) is 0 Å². The maximum absolute atomic E-state index is 13.8. The number of nitrogens with zero attached hydrogens (tertiary/aromatic N) is 1. The molecule has 4 atom stereocenters. The van der Waals surface area contributed by atoms with Gasteiger partial charge in [-0.25, -0.2) is 21.6 Å². The molecule has 1 N–H and O–H groups in total. The summed E-state index contributed by atoms with van der Waals surface area (Å²) >= 11 is 6.33. The first kappa shape index (κ1) is 26.5. The van der Waals surface area contributed by atoms with Crippen molar-refractivity contribution >= 4 is 33.0 Å². The lowest BCUT2D eigenvalue weighted by Crippen LogP contribution is -2.43. The fourth-order valence-corrected chi connectivity index (χ4v) is 9.12. The highest BCUT2D eigenvalue weighted by Crippen LogP contribution is 2.50. The van der Waals surface area contributed by atoms with E-state index < -0.39 is 38.4 Å². The number of halogens is 4. The van der Waals surface area contributed by atoms with E-state index in [0.29, 0.717) is 18.1 Å². The molecular formula is C26H28ClF3N2O4S. The molecule has 0 radical (unpaired) electrons. The highest BCUT2D eigenvalue weighted by Gasteiger charge is 2.50. The second kappa shape index (κ2) is 10.6. The normalized spacial score (nSPS) is 26.3. The van der Waals surface area contributed by atoms with Gasteiger partial charge >= 0.3 is 0 Å². The Labute approximate surface area is 219 Å². The minimum atomic E-state index is -3.85. The first-order chi connectivity index (χ1) is 17.6. The topological polar surface area (TPSA) is 75.7 Å². The molecule has 2 aromatic rings. The van der Waals surface area contributed by atoms with Crippen molar-refractivity contribution in [2.24, 2.45) is 17.8 Å². The van der Waals surface area contributed by atoms with Crippen LogP contribution in [0, 0.1) is 35.2 Å². The maximum Gasteiger partial charge on any atom is 0.255 e. The van der Waals surface area contributed by atoms with Crippen molar-refractivity contribution < 1.29 is 31.1 Å². The van der Waals surface area contributed by atoms with Crippen LogP contribution in [-0.2, 0) is 14.6 Å². The number of fused-ring (bicyclic) bond motifs is 2. The van der Waals surface area contributed by atoms with E-state index in [1.54, 1.807) is 0 Å². The smallest absolute Gasteiger partial charge is 0.255 e. The molecule has 200 valence electrons. The van der Waals surface area contributed by atoms with E-state index in [4.69, 9.17) is 16.3 Å². The Balaban J connectivity index is 1.34. The van der Waals surface area contributed by atoms with Crippen LogP contribution in [0.3, 0.4) is 0 Å². The SMILES string of the molecule is O=C(Nc1cc(F)c(F)c(F)c1)c1ccc(Cl)c(S(=O)(=O)C2C3CC[C@H]2CC(CN2CCOCC2)C3)c1. The van der Waals surface area contributed by atoms with Crippen molar-refractivity contribution in [3.63, 3.8) is 0 Å². The van der Waals surface area contributed by atoms with Crippen LogP contribution >= 0.6 is 11.6 Å². The van der Waals surface area contributed by atoms with E-state index in [0.717, 1.165) is 58.5 Å². The Morgan fingerprint density at radius 2 is 1.65 bits per heavy atom. The number of carbonyl (C=O) groups is 1. The molecular weight excluding hydrogens is 529 g/mol. The molecule has 11 heteroatoms. The molecule has 6 nitrogen and oxygen atoms in total. The standard InChI is InChI=1S/C26H28ClF3N2O4S/c27-20-4-3-18(26(33)31-19-12-21(28)24(30)22(29)13-19)11-23(20)37(34,35)25-16-1-2-17(25)10-15(9-16)14-32-5-7-36-8-6-32/h3-4,11-13,15-17,25H,1-2,5-10,14H2,(H,31,33)/t15?,16-,17?,25?/m0/s1. The summed E-state index contributed by atoms with van der Waals surface area (Å²) < 4.78 is 73.4. The second-order valence-corrected chi connectivity index (χ2v) is 12.7. The zero-order valence-corrected chi connectivity index (χ0v) is 21.6. The van der Waals surface area contributed by atoms with Gasteiger partial charge in [-0.05, 0) is 61.6 Å². The Morgan fingerprint density at radius 3 is 2.27 bits per heavy atom. The molecule has 1 amide bonds. The minimum Gasteiger partial charge on any atom is -0.379 e. The fraction of sp³-hybridized carbons (Fsp3) is 0.500. The van der Waals surface area contributed by atoms with E-state index in [1.165, 1.54) is 18.2 Å². The number of nitrogens with one attached hydrogen (secondary N) is 1. The number of rotatable bonds is 6. The third-order valence-electron chi connectivity index (χ3n) is 7.83. The highest BCUT2D eigenvalue weighted by atomic mass is 35.5. The number of sulfone groups is 1. The van der Waals surface area contributed by atoms with Crippen molar-refractivity contribution in [1.29, 1.82) is 0 Å². The summed E-state index contributed by atoms with van der Waals surface area (Å²) in [5.74, 6) is -4.86. The third kappa shape index (κ3) is 5.39. The molecule has 5 rings (SSSR count). The largest absolute Gasteiger partial charge is 0.379 e. The number of anilines is 1. The van der Waals surface area contributed by atoms with Crippen LogP contribution in [0.4, 0.5) is 18.9 Å². The van der Waals surface area contributed by atoms with Crippen molar-refractivity contribution in [1.82, 2.24) is 4.90 Å². The molecule has 1 heterocycles. The summed E-state index contributed by atoms with van der Waals surface area (Å²) in [7, 11) is -3.85. The van der Waals surface area contributed by atoms with Crippen molar-refractivity contribution in [3.8, 4) is 0 Å². The van der Waals surface area contributed by atoms with Crippen LogP contribution in [0.1, 0.15) is 36.0 Å². The Kier molecular flexibility index (Phi) is 7.55. The molecule has 0 aromatic heterocycles. The number of amides is 1. The van der Waals surface area contributed by atoms with Crippen molar-refractivity contribution in [2.45, 2.75) is 35.8 Å². The van der Waals surface area contributed by atoms with Crippen LogP contribution in [-0.4, -0.2) is 57.3 Å². The Bertz CT molecular complexity index is 1270. The summed E-state index contributed by atoms with van der Waals surface area (Å²) in [4.78, 5) is 15.0. The minimum absolute atomic E-state index is 0.0188. The molecule has 0 spiro atoms. The fourth-order valence-electron chi connectivity index (χ4n) is 6.24. The van der Waals surface area contributed by atoms with Crippen LogP contribution in [0.2, 0.25) is 5.02 Å². The number of morpholine rings is 1. The molecule has 2 aromatic carbocycles. The summed E-state index contributed by atoms with van der Waals surface area (Å²) in [5, 5.41) is 1.74. The summed E-state index contributed by atoms with van der Waals surface area (Å²) in [5.41, 5.74) is -0.334. The lowest BCUT2D eigenvalue weighted by Gasteiger charge is -2.38. The molecule has 3 fully saturated rings. The van der Waals surface area contributed by atoms with Gasteiger partial charge in [0.05, 0.1) is 28.4 Å². The van der Waals surface area contributed by atoms with E-state index >= 15 is 0 Å². The molecule has 1 aliphatic heterocycles. The van der Waals surface area contributed by atoms with Crippen molar-refractivity contribution in [2.75, 3.05) is 38.2 Å². The van der Waals surface area contributed by atoms with Gasteiger partial charge in [0.25, 0.3) is 5.91 Å². The number of carbonyl (C=O) groups excluding carboxylic acids is 1. The predicted molar refractivity (Wildman–Crippen MR) is 133 cm³/mol. The molecule has 2 bridgehead atoms. The zero-order valence-electron chi connectivity index (χ0n) is 20.1. The van der Waals surface area contributed by atoms with Crippen LogP contribution in [0.25, 0.3) is 0 Å². The highest BCUT2D eigenvalue weighted by molar-refractivity contribution is 7.92. The quantitative estimate of drug-likeness (QED) is 0.511. The zero-order chi connectivity index (χ0) is 26.3. The molecule has 37 heavy (non-hydrogen) atoms. The first-order valence-corrected chi connectivity index (χ1v) is 14.4. The Morgan fingerprint density at radius 1 is 1.03 bits per heavy atom. The number of hydrogen-bond acceptors (Lipinski definition) is 5. The number of benzene rings is 2. The molecule has 1 saturated heterocycles. The molecule has 3 aliphatic rings. The predicted octanol–water partition coefficient (Wildman–Crippen LogP) is 4.92. The van der Waals surface area contributed by atoms with E-state index in [1.807, 2.05) is 0 Å². The summed E-state index contributed by atoms with van der Waals surface area (Å²) in [6.45, 7) is 4.20. The molecule has 3 unspecified atom stereocenters. The second-order valence-electron chi connectivity index (χ2n) is 10.2. The maximum atomic E-state index is 13.8. The Hall–Kier alpha value is -2.14. The number of ether oxygens (including phenoxy) is 1. The van der Waals surface area contributed by atoms with Crippen LogP contribution < -0.4 is 5.32 Å². The first-order valence-electron chi connectivity index (χ1n) is 12.4. The summed E-state index contributed by atoms with van der Waals surface area (Å²) in [6.07, 6.45) is 3.34. The van der Waals surface area contributed by atoms with Gasteiger partial charge in [0.15, 0.2) is 27.3 Å². The molecule has 2 saturated carbocycles. The van der Waals surface area contributed by atoms with Gasteiger partial charge in [-0.15, -0.1) is 0 Å². The van der Waals surface area contributed by atoms with Gasteiger partial charge in [-0.1, -0.05) is 11.6 Å². The van der Waals surface area contributed by atoms with E-state index in [9.17, 15) is 26.4 Å². The van der Waals surface area contributed by atoms with Crippen LogP contribution in [0.15, 0.2) is 35.2 Å². The number of hydrogen-bond donors (Lipinski definition) is 1. The van der Waals surface area contributed by atoms with Gasteiger partial charge in [-0.3, -0.25) is 9.69 Å². The average molecular weight is 557 g/mol. The van der Waals surface area contributed by atoms with Gasteiger partial charge in [0, 0.05) is 43.0 Å².